The van der Waals surface area contributed by atoms with E-state index in [1.54, 1.807) is 0 Å². The molecule has 0 aliphatic carbocycles. The molecule has 0 bridgehead atoms. The van der Waals surface area contributed by atoms with Gasteiger partial charge in [-0.2, -0.15) is 5.10 Å². The molecule has 0 radical (unpaired) electrons. The summed E-state index contributed by atoms with van der Waals surface area (Å²) in [6.45, 7) is 1.20. The van der Waals surface area contributed by atoms with Crippen LogP contribution in [0.5, 0.6) is 0 Å². The summed E-state index contributed by atoms with van der Waals surface area (Å²) in [6, 6.07) is 0. The Hall–Kier alpha value is -0.470. The Kier molecular flexibility index (Phi) is 4.88. The van der Waals surface area contributed by atoms with E-state index in [0.717, 1.165) is 18.6 Å². The zero-order valence-electron chi connectivity index (χ0n) is 9.30. The minimum atomic E-state index is -3.07. The van der Waals surface area contributed by atoms with Crippen LogP contribution in [0.1, 0.15) is 12.8 Å². The summed E-state index contributed by atoms with van der Waals surface area (Å²) in [5, 5.41) is 3.71. The van der Waals surface area contributed by atoms with Gasteiger partial charge >= 0.3 is 0 Å². The molecule has 0 saturated carbocycles. The van der Waals surface area contributed by atoms with E-state index in [2.05, 4.69) is 5.10 Å². The predicted octanol–water partition coefficient (Wildman–Crippen LogP) is -0.420. The Bertz CT molecular complexity index is 355. The minimum absolute atomic E-state index is 0.328. The number of sulfonamides is 1. The molecule has 94 valence electrons. The molecule has 0 amide bonds. The Morgan fingerprint density at radius 3 is 2.88 bits per heavy atom. The summed E-state index contributed by atoms with van der Waals surface area (Å²) in [4.78, 5) is 0. The molecule has 1 saturated heterocycles. The van der Waals surface area contributed by atoms with Gasteiger partial charge in [0, 0.05) is 18.8 Å². The van der Waals surface area contributed by atoms with Crippen LogP contribution >= 0.6 is 11.8 Å². The molecule has 16 heavy (non-hydrogen) atoms. The molecule has 1 heterocycles. The number of hydrogen-bond donors (Lipinski definition) is 2. The third-order valence-corrected chi connectivity index (χ3v) is 4.85. The van der Waals surface area contributed by atoms with E-state index in [1.807, 2.05) is 0 Å². The Balaban J connectivity index is 2.45. The van der Waals surface area contributed by atoms with Crippen LogP contribution in [0.3, 0.4) is 0 Å². The lowest BCUT2D eigenvalue weighted by molar-refractivity contribution is 0.286. The SMILES string of the molecule is CS(=O)(=O)N1CCCC(CSC(N)=NN)C1. The van der Waals surface area contributed by atoms with Gasteiger partial charge in [0.1, 0.15) is 0 Å². The fraction of sp³-hybridized carbons (Fsp3) is 0.875. The molecule has 6 nitrogen and oxygen atoms in total. The molecule has 4 N–H and O–H groups in total. The van der Waals surface area contributed by atoms with Crippen LogP contribution < -0.4 is 11.6 Å². The smallest absolute Gasteiger partial charge is 0.211 e. The highest BCUT2D eigenvalue weighted by molar-refractivity contribution is 8.13. The molecule has 8 heteroatoms. The lowest BCUT2D eigenvalue weighted by Gasteiger charge is -2.30. The summed E-state index contributed by atoms with van der Waals surface area (Å²) < 4.78 is 24.3. The zero-order valence-corrected chi connectivity index (χ0v) is 10.9. The van der Waals surface area contributed by atoms with Crippen molar-refractivity contribution in [2.75, 3.05) is 25.1 Å². The summed E-state index contributed by atoms with van der Waals surface area (Å²) >= 11 is 1.38. The first-order valence-corrected chi connectivity index (χ1v) is 7.88. The van der Waals surface area contributed by atoms with Crippen LogP contribution in [0.25, 0.3) is 0 Å². The van der Waals surface area contributed by atoms with Gasteiger partial charge in [0.15, 0.2) is 5.17 Å². The van der Waals surface area contributed by atoms with E-state index in [0.29, 0.717) is 24.2 Å². The molecule has 0 aromatic carbocycles. The van der Waals surface area contributed by atoms with Gasteiger partial charge in [-0.3, -0.25) is 0 Å². The second-order valence-corrected chi connectivity index (χ2v) is 6.93. The highest BCUT2D eigenvalue weighted by atomic mass is 32.2. The van der Waals surface area contributed by atoms with Gasteiger partial charge in [0.05, 0.1) is 6.26 Å². The van der Waals surface area contributed by atoms with E-state index in [4.69, 9.17) is 11.6 Å². The number of amidine groups is 1. The Morgan fingerprint density at radius 2 is 2.31 bits per heavy atom. The first kappa shape index (κ1) is 13.6. The maximum atomic E-state index is 11.4. The van der Waals surface area contributed by atoms with Crippen LogP contribution in [-0.2, 0) is 10.0 Å². The van der Waals surface area contributed by atoms with E-state index >= 15 is 0 Å². The van der Waals surface area contributed by atoms with Gasteiger partial charge < -0.3 is 11.6 Å². The average Bonchev–Trinajstić information content (AvgIpc) is 2.25. The van der Waals surface area contributed by atoms with Gasteiger partial charge in [0.2, 0.25) is 10.0 Å². The topological polar surface area (TPSA) is 102 Å². The van der Waals surface area contributed by atoms with Crippen molar-refractivity contribution in [3.8, 4) is 0 Å². The van der Waals surface area contributed by atoms with E-state index in [9.17, 15) is 8.42 Å². The van der Waals surface area contributed by atoms with Crippen LogP contribution in [0.15, 0.2) is 5.10 Å². The van der Waals surface area contributed by atoms with Crippen molar-refractivity contribution < 1.29 is 8.42 Å². The number of hydrogen-bond acceptors (Lipinski definition) is 5. The number of hydrazone groups is 1. The second-order valence-electron chi connectivity index (χ2n) is 3.91. The molecule has 1 unspecified atom stereocenters. The number of piperidine rings is 1. The summed E-state index contributed by atoms with van der Waals surface area (Å²) in [6.07, 6.45) is 3.17. The number of rotatable bonds is 3. The number of nitrogens with zero attached hydrogens (tertiary/aromatic N) is 2. The molecular weight excluding hydrogens is 248 g/mol. The van der Waals surface area contributed by atoms with Crippen LogP contribution in [0.2, 0.25) is 0 Å². The normalized spacial score (nSPS) is 24.6. The van der Waals surface area contributed by atoms with E-state index in [1.165, 1.54) is 22.3 Å². The summed E-state index contributed by atoms with van der Waals surface area (Å²) in [7, 11) is -3.07. The standard InChI is InChI=1S/C8H18N4O2S2/c1-16(13,14)12-4-2-3-7(5-12)6-15-8(9)11-10/h7H,2-6,10H2,1H3,(H2,9,11). The van der Waals surface area contributed by atoms with Gasteiger partial charge in [-0.25, -0.2) is 12.7 Å². The highest BCUT2D eigenvalue weighted by Gasteiger charge is 2.25. The van der Waals surface area contributed by atoms with Crippen molar-refractivity contribution in [3.05, 3.63) is 0 Å². The molecule has 1 aliphatic rings. The van der Waals surface area contributed by atoms with Crippen molar-refractivity contribution in [2.45, 2.75) is 12.8 Å². The summed E-state index contributed by atoms with van der Waals surface area (Å²) in [5.41, 5.74) is 5.47. The molecular formula is C8H18N4O2S2. The lowest BCUT2D eigenvalue weighted by atomic mass is 10.0. The molecule has 0 spiro atoms. The Labute approximate surface area is 100 Å². The summed E-state index contributed by atoms with van der Waals surface area (Å²) in [5.74, 6) is 6.11. The largest absolute Gasteiger partial charge is 0.377 e. The van der Waals surface area contributed by atoms with Crippen LogP contribution in [-0.4, -0.2) is 43.0 Å². The van der Waals surface area contributed by atoms with Crippen molar-refractivity contribution in [3.63, 3.8) is 0 Å². The van der Waals surface area contributed by atoms with Crippen molar-refractivity contribution >= 4 is 27.0 Å². The molecule has 1 atom stereocenters. The van der Waals surface area contributed by atoms with Gasteiger partial charge in [-0.15, -0.1) is 0 Å². The van der Waals surface area contributed by atoms with E-state index < -0.39 is 10.0 Å². The van der Waals surface area contributed by atoms with Gasteiger partial charge in [-0.05, 0) is 18.8 Å². The Morgan fingerprint density at radius 1 is 1.62 bits per heavy atom. The van der Waals surface area contributed by atoms with Crippen LogP contribution in [0, 0.1) is 5.92 Å². The zero-order chi connectivity index (χ0) is 12.2. The first-order chi connectivity index (χ1) is 7.43. The fourth-order valence-electron chi connectivity index (χ4n) is 1.70. The van der Waals surface area contributed by atoms with Crippen molar-refractivity contribution in [1.29, 1.82) is 0 Å². The maximum absolute atomic E-state index is 11.4. The minimum Gasteiger partial charge on any atom is -0.377 e. The molecule has 0 aromatic heterocycles. The lowest BCUT2D eigenvalue weighted by Crippen LogP contribution is -2.40. The average molecular weight is 266 g/mol. The van der Waals surface area contributed by atoms with Gasteiger partial charge in [-0.1, -0.05) is 11.8 Å². The second kappa shape index (κ2) is 5.74. The molecule has 1 rings (SSSR count). The third-order valence-electron chi connectivity index (χ3n) is 2.54. The molecule has 1 fully saturated rings. The van der Waals surface area contributed by atoms with Crippen molar-refractivity contribution in [1.82, 2.24) is 4.31 Å². The number of nitrogens with two attached hydrogens (primary N) is 2. The van der Waals surface area contributed by atoms with E-state index in [-0.39, 0.29) is 0 Å². The number of thioether (sulfide) groups is 1. The highest BCUT2D eigenvalue weighted by Crippen LogP contribution is 2.22. The molecule has 0 aromatic rings. The predicted molar refractivity (Wildman–Crippen MR) is 67.4 cm³/mol. The quantitative estimate of drug-likeness (QED) is 0.313. The van der Waals surface area contributed by atoms with Gasteiger partial charge in [0.25, 0.3) is 0 Å². The fourth-order valence-corrected chi connectivity index (χ4v) is 3.40. The monoisotopic (exact) mass is 266 g/mol. The van der Waals surface area contributed by atoms with Crippen LogP contribution in [0.4, 0.5) is 0 Å². The third kappa shape index (κ3) is 4.18. The maximum Gasteiger partial charge on any atom is 0.211 e. The molecule has 1 aliphatic heterocycles. The van der Waals surface area contributed by atoms with Crippen molar-refractivity contribution in [2.24, 2.45) is 22.6 Å². The first-order valence-electron chi connectivity index (χ1n) is 5.04.